The minimum absolute atomic E-state index is 0.293. The van der Waals surface area contributed by atoms with Crippen molar-refractivity contribution in [1.29, 1.82) is 0 Å². The van der Waals surface area contributed by atoms with Gasteiger partial charge in [-0.25, -0.2) is 4.39 Å². The van der Waals surface area contributed by atoms with E-state index in [0.717, 1.165) is 5.56 Å². The van der Waals surface area contributed by atoms with Crippen LogP contribution in [0.1, 0.15) is 18.1 Å². The van der Waals surface area contributed by atoms with E-state index in [1.807, 2.05) is 6.92 Å². The highest BCUT2D eigenvalue weighted by molar-refractivity contribution is 5.72. The minimum atomic E-state index is -0.907. The summed E-state index contributed by atoms with van der Waals surface area (Å²) in [6.07, 6.45) is 0. The predicted octanol–water partition coefficient (Wildman–Crippen LogP) is 2.04. The van der Waals surface area contributed by atoms with E-state index in [1.54, 1.807) is 31.0 Å². The first kappa shape index (κ1) is 12.6. The van der Waals surface area contributed by atoms with E-state index in [0.29, 0.717) is 12.1 Å². The van der Waals surface area contributed by atoms with Gasteiger partial charge in [0.1, 0.15) is 11.9 Å². The molecule has 0 aliphatic rings. The highest BCUT2D eigenvalue weighted by atomic mass is 19.1. The van der Waals surface area contributed by atoms with E-state index in [1.165, 1.54) is 6.07 Å². The lowest BCUT2D eigenvalue weighted by Gasteiger charge is -2.21. The van der Waals surface area contributed by atoms with Gasteiger partial charge < -0.3 is 5.11 Å². The molecule has 0 bridgehead atoms. The Morgan fingerprint density at radius 3 is 2.75 bits per heavy atom. The second-order valence-corrected chi connectivity index (χ2v) is 4.02. The molecule has 0 heterocycles. The standard InChI is InChI=1S/C12H16FNO2/c1-8-4-5-11(13)10(6-8)7-14(3)9(2)12(15)16/h4-6,9H,7H2,1-3H3,(H,15,16). The molecule has 0 fully saturated rings. The van der Waals surface area contributed by atoms with Crippen molar-refractivity contribution in [2.75, 3.05) is 7.05 Å². The molecule has 1 N–H and O–H groups in total. The largest absolute Gasteiger partial charge is 0.480 e. The Morgan fingerprint density at radius 2 is 2.19 bits per heavy atom. The van der Waals surface area contributed by atoms with Crippen molar-refractivity contribution in [3.63, 3.8) is 0 Å². The van der Waals surface area contributed by atoms with Crippen LogP contribution in [0, 0.1) is 12.7 Å². The molecule has 1 aromatic rings. The maximum absolute atomic E-state index is 13.4. The number of carboxylic acids is 1. The first-order valence-corrected chi connectivity index (χ1v) is 5.10. The van der Waals surface area contributed by atoms with E-state index in [2.05, 4.69) is 0 Å². The number of halogens is 1. The van der Waals surface area contributed by atoms with Gasteiger partial charge in [0.2, 0.25) is 0 Å². The molecule has 88 valence electrons. The van der Waals surface area contributed by atoms with Crippen molar-refractivity contribution in [3.05, 3.63) is 35.1 Å². The Balaban J connectivity index is 2.80. The smallest absolute Gasteiger partial charge is 0.320 e. The van der Waals surface area contributed by atoms with Crippen molar-refractivity contribution in [3.8, 4) is 0 Å². The second-order valence-electron chi connectivity index (χ2n) is 4.02. The molecule has 1 rings (SSSR count). The molecule has 1 atom stereocenters. The van der Waals surface area contributed by atoms with Crippen LogP contribution in [0.5, 0.6) is 0 Å². The van der Waals surface area contributed by atoms with Crippen molar-refractivity contribution >= 4 is 5.97 Å². The molecule has 0 aromatic heterocycles. The molecule has 3 nitrogen and oxygen atoms in total. The summed E-state index contributed by atoms with van der Waals surface area (Å²) in [6, 6.07) is 4.21. The van der Waals surface area contributed by atoms with E-state index >= 15 is 0 Å². The average molecular weight is 225 g/mol. The third-order valence-corrected chi connectivity index (χ3v) is 2.64. The van der Waals surface area contributed by atoms with Crippen LogP contribution in [0.15, 0.2) is 18.2 Å². The molecule has 0 radical (unpaired) electrons. The number of nitrogens with zero attached hydrogens (tertiary/aromatic N) is 1. The Bertz CT molecular complexity index is 393. The summed E-state index contributed by atoms with van der Waals surface area (Å²) < 4.78 is 13.4. The Labute approximate surface area is 94.5 Å². The first-order chi connectivity index (χ1) is 7.41. The summed E-state index contributed by atoms with van der Waals surface area (Å²) in [6.45, 7) is 3.75. The monoisotopic (exact) mass is 225 g/mol. The van der Waals surface area contributed by atoms with Gasteiger partial charge in [-0.2, -0.15) is 0 Å². The maximum Gasteiger partial charge on any atom is 0.320 e. The van der Waals surface area contributed by atoms with Crippen LogP contribution in [0.3, 0.4) is 0 Å². The molecular weight excluding hydrogens is 209 g/mol. The maximum atomic E-state index is 13.4. The van der Waals surface area contributed by atoms with Gasteiger partial charge >= 0.3 is 5.97 Å². The summed E-state index contributed by atoms with van der Waals surface area (Å²) in [7, 11) is 1.67. The van der Waals surface area contributed by atoms with Crippen molar-refractivity contribution in [2.45, 2.75) is 26.4 Å². The second kappa shape index (κ2) is 5.07. The molecule has 0 spiro atoms. The lowest BCUT2D eigenvalue weighted by molar-refractivity contribution is -0.142. The van der Waals surface area contributed by atoms with Crippen molar-refractivity contribution < 1.29 is 14.3 Å². The summed E-state index contributed by atoms with van der Waals surface area (Å²) in [4.78, 5) is 12.3. The fraction of sp³-hybridized carbons (Fsp3) is 0.417. The number of aliphatic carboxylic acids is 1. The summed E-state index contributed by atoms with van der Waals surface area (Å²) in [5, 5.41) is 8.82. The lowest BCUT2D eigenvalue weighted by atomic mass is 10.1. The van der Waals surface area contributed by atoms with Crippen LogP contribution < -0.4 is 0 Å². The fourth-order valence-corrected chi connectivity index (χ4v) is 1.42. The molecule has 0 amide bonds. The van der Waals surface area contributed by atoms with Crippen LogP contribution in [-0.2, 0) is 11.3 Å². The number of hydrogen-bond donors (Lipinski definition) is 1. The van der Waals surface area contributed by atoms with Gasteiger partial charge in [0.15, 0.2) is 0 Å². The number of rotatable bonds is 4. The third kappa shape index (κ3) is 3.03. The third-order valence-electron chi connectivity index (χ3n) is 2.64. The van der Waals surface area contributed by atoms with Gasteiger partial charge in [-0.15, -0.1) is 0 Å². The highest BCUT2D eigenvalue weighted by Gasteiger charge is 2.17. The SMILES string of the molecule is Cc1ccc(F)c(CN(C)C(C)C(=O)O)c1. The van der Waals surface area contributed by atoms with Gasteiger partial charge in [0.25, 0.3) is 0 Å². The molecule has 0 aliphatic carbocycles. The normalized spacial score (nSPS) is 12.8. The van der Waals surface area contributed by atoms with E-state index in [4.69, 9.17) is 5.11 Å². The van der Waals surface area contributed by atoms with Gasteiger partial charge in [-0.05, 0) is 27.0 Å². The summed E-state index contributed by atoms with van der Waals surface area (Å²) in [5.41, 5.74) is 1.49. The van der Waals surface area contributed by atoms with Crippen LogP contribution in [0.25, 0.3) is 0 Å². The zero-order valence-electron chi connectivity index (χ0n) is 9.70. The van der Waals surface area contributed by atoms with Gasteiger partial charge in [0, 0.05) is 12.1 Å². The van der Waals surface area contributed by atoms with Gasteiger partial charge in [-0.3, -0.25) is 9.69 Å². The highest BCUT2D eigenvalue weighted by Crippen LogP contribution is 2.13. The molecule has 16 heavy (non-hydrogen) atoms. The number of benzene rings is 1. The number of likely N-dealkylation sites (N-methyl/N-ethyl adjacent to an activating group) is 1. The molecule has 1 unspecified atom stereocenters. The number of carboxylic acid groups (broad SMARTS) is 1. The predicted molar refractivity (Wildman–Crippen MR) is 59.7 cm³/mol. The molecule has 4 heteroatoms. The number of hydrogen-bond acceptors (Lipinski definition) is 2. The van der Waals surface area contributed by atoms with Gasteiger partial charge in [-0.1, -0.05) is 17.7 Å². The topological polar surface area (TPSA) is 40.5 Å². The Hall–Kier alpha value is -1.42. The Morgan fingerprint density at radius 1 is 1.56 bits per heavy atom. The molecule has 0 saturated carbocycles. The fourth-order valence-electron chi connectivity index (χ4n) is 1.42. The average Bonchev–Trinajstić information content (AvgIpc) is 2.22. The van der Waals surface area contributed by atoms with Crippen molar-refractivity contribution in [1.82, 2.24) is 4.90 Å². The van der Waals surface area contributed by atoms with E-state index in [9.17, 15) is 9.18 Å². The first-order valence-electron chi connectivity index (χ1n) is 5.10. The van der Waals surface area contributed by atoms with Crippen LogP contribution >= 0.6 is 0 Å². The number of carbonyl (C=O) groups is 1. The zero-order valence-corrected chi connectivity index (χ0v) is 9.70. The summed E-state index contributed by atoms with van der Waals surface area (Å²) >= 11 is 0. The summed E-state index contributed by atoms with van der Waals surface area (Å²) in [5.74, 6) is -1.20. The molecule has 0 aliphatic heterocycles. The van der Waals surface area contributed by atoms with Crippen LogP contribution in [-0.4, -0.2) is 29.1 Å². The molecular formula is C12H16FNO2. The molecule has 1 aromatic carbocycles. The van der Waals surface area contributed by atoms with E-state index < -0.39 is 12.0 Å². The zero-order chi connectivity index (χ0) is 12.3. The van der Waals surface area contributed by atoms with Gasteiger partial charge in [0.05, 0.1) is 0 Å². The van der Waals surface area contributed by atoms with Crippen LogP contribution in [0.4, 0.5) is 4.39 Å². The van der Waals surface area contributed by atoms with Crippen molar-refractivity contribution in [2.24, 2.45) is 0 Å². The minimum Gasteiger partial charge on any atom is -0.480 e. The number of aryl methyl sites for hydroxylation is 1. The molecule has 0 saturated heterocycles. The quantitative estimate of drug-likeness (QED) is 0.852. The van der Waals surface area contributed by atoms with E-state index in [-0.39, 0.29) is 5.82 Å². The lowest BCUT2D eigenvalue weighted by Crippen LogP contribution is -2.35. The Kier molecular flexibility index (Phi) is 4.01. The van der Waals surface area contributed by atoms with Crippen LogP contribution in [0.2, 0.25) is 0 Å².